The molecule has 19 heavy (non-hydrogen) atoms. The van der Waals surface area contributed by atoms with Crippen LogP contribution in [0.1, 0.15) is 31.2 Å². The van der Waals surface area contributed by atoms with Gasteiger partial charge < -0.3 is 9.64 Å². The molecule has 0 radical (unpaired) electrons. The van der Waals surface area contributed by atoms with Gasteiger partial charge in [-0.05, 0) is 37.2 Å². The van der Waals surface area contributed by atoms with Crippen molar-refractivity contribution in [3.8, 4) is 5.75 Å². The van der Waals surface area contributed by atoms with Crippen molar-refractivity contribution in [3.63, 3.8) is 0 Å². The quantitative estimate of drug-likeness (QED) is 0.603. The lowest BCUT2D eigenvalue weighted by molar-refractivity contribution is -0.134. The van der Waals surface area contributed by atoms with Crippen LogP contribution >= 0.6 is 0 Å². The van der Waals surface area contributed by atoms with Crippen molar-refractivity contribution in [1.29, 1.82) is 0 Å². The smallest absolute Gasteiger partial charge is 0.310 e. The highest BCUT2D eigenvalue weighted by Gasteiger charge is 2.43. The van der Waals surface area contributed by atoms with E-state index in [1.807, 2.05) is 19.1 Å². The fraction of sp³-hybridized carbons (Fsp3) is 0.533. The normalized spacial score (nSPS) is 25.3. The maximum atomic E-state index is 11.4. The Kier molecular flexibility index (Phi) is 2.97. The lowest BCUT2D eigenvalue weighted by atomic mass is 9.98. The minimum absolute atomic E-state index is 0.175. The Morgan fingerprint density at radius 1 is 1.42 bits per heavy atom. The van der Waals surface area contributed by atoms with Crippen molar-refractivity contribution < 1.29 is 9.53 Å². The first-order valence-corrected chi connectivity index (χ1v) is 6.89. The van der Waals surface area contributed by atoms with Gasteiger partial charge in [-0.25, -0.2) is 0 Å². The van der Waals surface area contributed by atoms with E-state index in [9.17, 15) is 4.79 Å². The molecule has 1 saturated heterocycles. The molecular formula is C15H20N2O2. The number of fused-ring (bicyclic) bond motifs is 3. The van der Waals surface area contributed by atoms with E-state index < -0.39 is 0 Å². The molecule has 0 spiro atoms. The number of carbonyl (C=O) groups excluding carboxylic acids is 1. The van der Waals surface area contributed by atoms with Crippen LogP contribution in [-0.2, 0) is 4.79 Å². The van der Waals surface area contributed by atoms with E-state index in [4.69, 9.17) is 4.74 Å². The van der Waals surface area contributed by atoms with Crippen molar-refractivity contribution in [3.05, 3.63) is 23.8 Å². The molecule has 0 N–H and O–H groups in total. The van der Waals surface area contributed by atoms with Gasteiger partial charge in [0.25, 0.3) is 0 Å². The number of anilines is 1. The largest absolute Gasteiger partial charge is 0.427 e. The molecule has 4 heteroatoms. The Hall–Kier alpha value is -1.55. The summed E-state index contributed by atoms with van der Waals surface area (Å²) in [4.78, 5) is 16.1. The molecule has 2 aliphatic heterocycles. The summed E-state index contributed by atoms with van der Waals surface area (Å²) < 4.78 is 5.33. The summed E-state index contributed by atoms with van der Waals surface area (Å²) in [5, 5.41) is 0. The number of esters is 1. The molecule has 0 aromatic heterocycles. The summed E-state index contributed by atoms with van der Waals surface area (Å²) in [6.45, 7) is 2.93. The van der Waals surface area contributed by atoms with Crippen LogP contribution in [0, 0.1) is 0 Å². The number of hydrogen-bond acceptors (Lipinski definition) is 4. The lowest BCUT2D eigenvalue weighted by Crippen LogP contribution is -2.39. The topological polar surface area (TPSA) is 32.8 Å². The van der Waals surface area contributed by atoms with E-state index in [-0.39, 0.29) is 5.97 Å². The van der Waals surface area contributed by atoms with Crippen LogP contribution in [0.5, 0.6) is 5.75 Å². The highest BCUT2D eigenvalue weighted by molar-refractivity contribution is 5.73. The number of rotatable bonds is 2. The zero-order chi connectivity index (χ0) is 13.6. The van der Waals surface area contributed by atoms with Gasteiger partial charge in [-0.2, -0.15) is 0 Å². The molecule has 102 valence electrons. The molecule has 3 rings (SSSR count). The minimum atomic E-state index is -0.175. The van der Waals surface area contributed by atoms with E-state index in [1.54, 1.807) is 0 Å². The van der Waals surface area contributed by atoms with Crippen molar-refractivity contribution in [1.82, 2.24) is 4.90 Å². The van der Waals surface area contributed by atoms with Crippen LogP contribution in [0.2, 0.25) is 0 Å². The van der Waals surface area contributed by atoms with Gasteiger partial charge in [-0.15, -0.1) is 0 Å². The molecule has 2 heterocycles. The number of carbonyl (C=O) groups is 1. The van der Waals surface area contributed by atoms with Crippen LogP contribution < -0.4 is 9.64 Å². The second kappa shape index (κ2) is 4.53. The van der Waals surface area contributed by atoms with Gasteiger partial charge in [0.2, 0.25) is 0 Å². The first kappa shape index (κ1) is 12.5. The number of hydrogen-bond donors (Lipinski definition) is 0. The van der Waals surface area contributed by atoms with E-state index in [2.05, 4.69) is 30.0 Å². The summed E-state index contributed by atoms with van der Waals surface area (Å²) >= 11 is 0. The Balaban J connectivity index is 1.92. The highest BCUT2D eigenvalue weighted by Crippen LogP contribution is 2.47. The molecule has 0 amide bonds. The third kappa shape index (κ3) is 1.91. The zero-order valence-corrected chi connectivity index (χ0v) is 11.7. The predicted octanol–water partition coefficient (Wildman–Crippen LogP) is 2.20. The number of likely N-dealkylation sites (tertiary alicyclic amines) is 1. The molecule has 1 fully saturated rings. The van der Waals surface area contributed by atoms with Crippen molar-refractivity contribution in [2.24, 2.45) is 0 Å². The Bertz CT molecular complexity index is 515. The molecular weight excluding hydrogens is 240 g/mol. The maximum absolute atomic E-state index is 11.4. The molecule has 1 aromatic rings. The van der Waals surface area contributed by atoms with Crippen LogP contribution in [-0.4, -0.2) is 37.7 Å². The highest BCUT2D eigenvalue weighted by atomic mass is 16.5. The summed E-state index contributed by atoms with van der Waals surface area (Å²) in [5.74, 6) is 1.03. The van der Waals surface area contributed by atoms with Crippen LogP contribution in [0.3, 0.4) is 0 Å². The van der Waals surface area contributed by atoms with E-state index in [0.717, 1.165) is 6.54 Å². The van der Waals surface area contributed by atoms with Gasteiger partial charge in [0.05, 0.1) is 6.17 Å². The number of ether oxygens (including phenoxy) is 1. The number of likely N-dealkylation sites (N-methyl/N-ethyl adjacent to an activating group) is 2. The molecule has 2 atom stereocenters. The third-order valence-electron chi connectivity index (χ3n) is 4.30. The van der Waals surface area contributed by atoms with Crippen molar-refractivity contribution >= 4 is 11.7 Å². The Labute approximate surface area is 113 Å². The van der Waals surface area contributed by atoms with E-state index in [1.165, 1.54) is 17.7 Å². The Morgan fingerprint density at radius 2 is 2.21 bits per heavy atom. The monoisotopic (exact) mass is 260 g/mol. The second-order valence-corrected chi connectivity index (χ2v) is 5.45. The summed E-state index contributed by atoms with van der Waals surface area (Å²) in [7, 11) is 4.31. The van der Waals surface area contributed by atoms with Gasteiger partial charge in [-0.1, -0.05) is 6.92 Å². The number of benzene rings is 1. The SMILES string of the molecule is CCC(=O)Oc1ccc2c(c1)C1CCN(C)C1N2C. The van der Waals surface area contributed by atoms with Gasteiger partial charge in [0.15, 0.2) is 0 Å². The maximum Gasteiger partial charge on any atom is 0.310 e. The average molecular weight is 260 g/mol. The fourth-order valence-electron chi connectivity index (χ4n) is 3.37. The van der Waals surface area contributed by atoms with Gasteiger partial charge in [0, 0.05) is 31.6 Å². The molecule has 2 aliphatic rings. The molecule has 1 aromatic carbocycles. The van der Waals surface area contributed by atoms with Crippen molar-refractivity contribution in [2.45, 2.75) is 31.8 Å². The van der Waals surface area contributed by atoms with Gasteiger partial charge >= 0.3 is 5.97 Å². The van der Waals surface area contributed by atoms with Crippen LogP contribution in [0.25, 0.3) is 0 Å². The summed E-state index contributed by atoms with van der Waals surface area (Å²) in [5.41, 5.74) is 2.58. The zero-order valence-electron chi connectivity index (χ0n) is 11.7. The van der Waals surface area contributed by atoms with Crippen LogP contribution in [0.15, 0.2) is 18.2 Å². The second-order valence-electron chi connectivity index (χ2n) is 5.45. The molecule has 0 aliphatic carbocycles. The van der Waals surface area contributed by atoms with E-state index in [0.29, 0.717) is 24.3 Å². The fourth-order valence-corrected chi connectivity index (χ4v) is 3.37. The lowest BCUT2D eigenvalue weighted by Gasteiger charge is -2.28. The first-order chi connectivity index (χ1) is 9.11. The number of nitrogens with zero attached hydrogens (tertiary/aromatic N) is 2. The van der Waals surface area contributed by atoms with Gasteiger partial charge in [-0.3, -0.25) is 9.69 Å². The Morgan fingerprint density at radius 3 is 2.95 bits per heavy atom. The molecule has 0 saturated carbocycles. The average Bonchev–Trinajstić information content (AvgIpc) is 2.91. The molecule has 0 bridgehead atoms. The third-order valence-corrected chi connectivity index (χ3v) is 4.30. The molecule has 2 unspecified atom stereocenters. The molecule has 4 nitrogen and oxygen atoms in total. The summed E-state index contributed by atoms with van der Waals surface area (Å²) in [6, 6.07) is 6.01. The van der Waals surface area contributed by atoms with Crippen LogP contribution in [0.4, 0.5) is 5.69 Å². The summed E-state index contributed by atoms with van der Waals surface area (Å²) in [6.07, 6.45) is 2.03. The minimum Gasteiger partial charge on any atom is -0.427 e. The first-order valence-electron chi connectivity index (χ1n) is 6.89. The standard InChI is InChI=1S/C15H20N2O2/c1-4-14(18)19-10-5-6-13-12(9-10)11-7-8-16(2)15(11)17(13)3/h5-6,9,11,15H,4,7-8H2,1-3H3. The van der Waals surface area contributed by atoms with E-state index >= 15 is 0 Å². The predicted molar refractivity (Wildman–Crippen MR) is 74.5 cm³/mol. The van der Waals surface area contributed by atoms with Crippen molar-refractivity contribution in [2.75, 3.05) is 25.5 Å². The van der Waals surface area contributed by atoms with Gasteiger partial charge in [0.1, 0.15) is 5.75 Å².